The monoisotopic (exact) mass is 237 g/mol. The molecule has 0 aliphatic heterocycles. The van der Waals surface area contributed by atoms with E-state index in [1.807, 2.05) is 25.2 Å². The maximum Gasteiger partial charge on any atom is 0.203 e. The van der Waals surface area contributed by atoms with Crippen molar-refractivity contribution in [2.24, 2.45) is 0 Å². The van der Waals surface area contributed by atoms with Crippen LogP contribution in [0.2, 0.25) is 0 Å². The first-order valence-electron chi connectivity index (χ1n) is 5.35. The van der Waals surface area contributed by atoms with Crippen LogP contribution in [0.15, 0.2) is 47.7 Å². The van der Waals surface area contributed by atoms with Gasteiger partial charge in [0.1, 0.15) is 5.03 Å². The molecule has 1 N–H and O–H groups in total. The van der Waals surface area contributed by atoms with Gasteiger partial charge in [-0.15, -0.1) is 0 Å². The van der Waals surface area contributed by atoms with Gasteiger partial charge < -0.3 is 4.98 Å². The first kappa shape index (κ1) is 11.2. The fraction of sp³-hybridized carbons (Fsp3) is 0.333. The number of nitrogens with one attached hydrogen (secondary N) is 1. The van der Waals surface area contributed by atoms with Crippen molar-refractivity contribution >= 4 is 9.84 Å². The quantitative estimate of drug-likeness (QED) is 0.877. The van der Waals surface area contributed by atoms with Crippen molar-refractivity contribution in [2.75, 3.05) is 0 Å². The van der Waals surface area contributed by atoms with Crippen molar-refractivity contribution in [1.29, 1.82) is 0 Å². The van der Waals surface area contributed by atoms with Gasteiger partial charge in [-0.1, -0.05) is 31.2 Å². The van der Waals surface area contributed by atoms with Gasteiger partial charge in [0, 0.05) is 6.20 Å². The van der Waals surface area contributed by atoms with E-state index in [1.165, 1.54) is 0 Å². The standard InChI is InChI=1S/C12H15NO2S/c1-2-12(8-4-3-5-9-12)16(14,15)11-7-6-10-13-11/h3-8,10,13H,2,9H2,1H3. The summed E-state index contributed by atoms with van der Waals surface area (Å²) in [5, 5.41) is 0.300. The third-order valence-electron chi connectivity index (χ3n) is 3.10. The second-order valence-corrected chi connectivity index (χ2v) is 6.21. The summed E-state index contributed by atoms with van der Waals surface area (Å²) in [7, 11) is -3.32. The molecule has 1 aliphatic rings. The SMILES string of the molecule is CCC1(S(=O)(=O)c2ccc[nH]2)C=CC=CC1. The zero-order valence-corrected chi connectivity index (χ0v) is 10.00. The number of rotatable bonds is 3. The van der Waals surface area contributed by atoms with Gasteiger partial charge in [-0.05, 0) is 25.0 Å². The highest BCUT2D eigenvalue weighted by atomic mass is 32.2. The summed E-state index contributed by atoms with van der Waals surface area (Å²) in [5.74, 6) is 0. The van der Waals surface area contributed by atoms with E-state index in [4.69, 9.17) is 0 Å². The fourth-order valence-corrected chi connectivity index (χ4v) is 3.87. The molecule has 0 fully saturated rings. The molecule has 0 radical (unpaired) electrons. The number of hydrogen-bond donors (Lipinski definition) is 1. The molecule has 0 bridgehead atoms. The van der Waals surface area contributed by atoms with Crippen LogP contribution in [0.5, 0.6) is 0 Å². The van der Waals surface area contributed by atoms with E-state index in [1.54, 1.807) is 24.4 Å². The number of H-pyrrole nitrogens is 1. The van der Waals surface area contributed by atoms with Gasteiger partial charge >= 0.3 is 0 Å². The van der Waals surface area contributed by atoms with E-state index < -0.39 is 14.6 Å². The Labute approximate surface area is 95.8 Å². The Kier molecular flexibility index (Phi) is 2.76. The summed E-state index contributed by atoms with van der Waals surface area (Å²) < 4.78 is 24.2. The predicted octanol–water partition coefficient (Wildman–Crippen LogP) is 2.45. The van der Waals surface area contributed by atoms with E-state index in [2.05, 4.69) is 4.98 Å². The molecule has 1 heterocycles. The molecule has 0 saturated heterocycles. The molecular formula is C12H15NO2S. The molecule has 0 aromatic carbocycles. The van der Waals surface area contributed by atoms with Crippen LogP contribution in [0.4, 0.5) is 0 Å². The van der Waals surface area contributed by atoms with Crippen molar-refractivity contribution < 1.29 is 8.42 Å². The predicted molar refractivity (Wildman–Crippen MR) is 63.9 cm³/mol. The van der Waals surface area contributed by atoms with Crippen molar-refractivity contribution in [1.82, 2.24) is 4.98 Å². The average Bonchev–Trinajstić information content (AvgIpc) is 2.84. The van der Waals surface area contributed by atoms with Crippen LogP contribution in [-0.4, -0.2) is 18.1 Å². The molecule has 0 saturated carbocycles. The lowest BCUT2D eigenvalue weighted by molar-refractivity contribution is 0.539. The van der Waals surface area contributed by atoms with E-state index in [-0.39, 0.29) is 0 Å². The van der Waals surface area contributed by atoms with Crippen molar-refractivity contribution in [3.05, 3.63) is 42.6 Å². The second kappa shape index (κ2) is 3.94. The smallest absolute Gasteiger partial charge is 0.203 e. The third-order valence-corrected chi connectivity index (χ3v) is 5.60. The number of allylic oxidation sites excluding steroid dienone is 3. The van der Waals surface area contributed by atoms with Crippen molar-refractivity contribution in [3.63, 3.8) is 0 Å². The Balaban J connectivity index is 2.50. The van der Waals surface area contributed by atoms with Crippen LogP contribution < -0.4 is 0 Å². The summed E-state index contributed by atoms with van der Waals surface area (Å²) in [4.78, 5) is 2.79. The highest BCUT2D eigenvalue weighted by Gasteiger charge is 2.41. The minimum atomic E-state index is -3.32. The van der Waals surface area contributed by atoms with Gasteiger partial charge in [-0.3, -0.25) is 0 Å². The molecule has 1 aromatic rings. The molecule has 16 heavy (non-hydrogen) atoms. The average molecular weight is 237 g/mol. The minimum absolute atomic E-state index is 0.300. The second-order valence-electron chi connectivity index (χ2n) is 3.95. The summed E-state index contributed by atoms with van der Waals surface area (Å²) in [6.07, 6.45) is 10.2. The van der Waals surface area contributed by atoms with Gasteiger partial charge in [0.2, 0.25) is 9.84 Å². The molecule has 1 unspecified atom stereocenters. The Morgan fingerprint density at radius 3 is 2.75 bits per heavy atom. The molecule has 4 heteroatoms. The minimum Gasteiger partial charge on any atom is -0.352 e. The molecule has 3 nitrogen and oxygen atoms in total. The van der Waals surface area contributed by atoms with E-state index in [9.17, 15) is 8.42 Å². The summed E-state index contributed by atoms with van der Waals surface area (Å²) >= 11 is 0. The number of hydrogen-bond acceptors (Lipinski definition) is 2. The fourth-order valence-electron chi connectivity index (χ4n) is 2.00. The van der Waals surface area contributed by atoms with E-state index in [0.717, 1.165) is 0 Å². The summed E-state index contributed by atoms with van der Waals surface area (Å²) in [5.41, 5.74) is 0. The number of aromatic amines is 1. The lowest BCUT2D eigenvalue weighted by Gasteiger charge is -2.29. The largest absolute Gasteiger partial charge is 0.352 e. The van der Waals surface area contributed by atoms with Crippen molar-refractivity contribution in [3.8, 4) is 0 Å². The number of aromatic nitrogens is 1. The van der Waals surface area contributed by atoms with Crippen LogP contribution in [0.25, 0.3) is 0 Å². The van der Waals surface area contributed by atoms with Crippen LogP contribution in [-0.2, 0) is 9.84 Å². The van der Waals surface area contributed by atoms with Crippen molar-refractivity contribution in [2.45, 2.75) is 29.5 Å². The Morgan fingerprint density at radius 1 is 1.44 bits per heavy atom. The molecule has 1 aliphatic carbocycles. The van der Waals surface area contributed by atoms with E-state index >= 15 is 0 Å². The maximum absolute atomic E-state index is 12.5. The van der Waals surface area contributed by atoms with Crippen LogP contribution in [0.1, 0.15) is 19.8 Å². The molecule has 2 rings (SSSR count). The lowest BCUT2D eigenvalue weighted by Crippen LogP contribution is -2.36. The topological polar surface area (TPSA) is 49.9 Å². The van der Waals surface area contributed by atoms with Gasteiger partial charge in [-0.2, -0.15) is 0 Å². The van der Waals surface area contributed by atoms with E-state index in [0.29, 0.717) is 17.9 Å². The summed E-state index contributed by atoms with van der Waals surface area (Å²) in [6.45, 7) is 1.91. The Bertz CT molecular complexity index is 511. The molecule has 1 atom stereocenters. The summed E-state index contributed by atoms with van der Waals surface area (Å²) in [6, 6.07) is 3.32. The molecule has 0 spiro atoms. The van der Waals surface area contributed by atoms with Crippen LogP contribution in [0, 0.1) is 0 Å². The maximum atomic E-state index is 12.5. The number of sulfone groups is 1. The van der Waals surface area contributed by atoms with Gasteiger partial charge in [0.05, 0.1) is 4.75 Å². The molecule has 86 valence electrons. The third kappa shape index (κ3) is 1.53. The zero-order valence-electron chi connectivity index (χ0n) is 9.18. The molecule has 0 amide bonds. The lowest BCUT2D eigenvalue weighted by atomic mass is 9.97. The molecular weight excluding hydrogens is 222 g/mol. The molecule has 1 aromatic heterocycles. The van der Waals surface area contributed by atoms with Gasteiger partial charge in [-0.25, -0.2) is 8.42 Å². The van der Waals surface area contributed by atoms with Gasteiger partial charge in [0.25, 0.3) is 0 Å². The normalized spacial score (nSPS) is 24.8. The van der Waals surface area contributed by atoms with Crippen LogP contribution in [0.3, 0.4) is 0 Å². The highest BCUT2D eigenvalue weighted by Crippen LogP contribution is 2.34. The Hall–Kier alpha value is -1.29. The van der Waals surface area contributed by atoms with Crippen LogP contribution >= 0.6 is 0 Å². The highest BCUT2D eigenvalue weighted by molar-refractivity contribution is 7.93. The zero-order chi connectivity index (χ0) is 11.6. The Morgan fingerprint density at radius 2 is 2.25 bits per heavy atom. The van der Waals surface area contributed by atoms with Gasteiger partial charge in [0.15, 0.2) is 0 Å². The first-order valence-corrected chi connectivity index (χ1v) is 6.83. The first-order chi connectivity index (χ1) is 7.62.